The number of rotatable bonds is 5. The molecule has 2 aromatic carbocycles. The van der Waals surface area contributed by atoms with Gasteiger partial charge in [0.2, 0.25) is 0 Å². The van der Waals surface area contributed by atoms with Crippen LogP contribution in [0.15, 0.2) is 73.2 Å². The molecule has 0 saturated carbocycles. The molecule has 8 nitrogen and oxygen atoms in total. The van der Waals surface area contributed by atoms with Gasteiger partial charge < -0.3 is 15.4 Å². The Morgan fingerprint density at radius 2 is 1.74 bits per heavy atom. The highest BCUT2D eigenvalue weighted by molar-refractivity contribution is 5.97. The summed E-state index contributed by atoms with van der Waals surface area (Å²) in [5.41, 5.74) is 6.76. The topological polar surface area (TPSA) is 115 Å². The maximum Gasteiger partial charge on any atom is 0.159 e. The van der Waals surface area contributed by atoms with Crippen LogP contribution in [0.2, 0.25) is 0 Å². The van der Waals surface area contributed by atoms with Gasteiger partial charge in [0.15, 0.2) is 11.5 Å². The van der Waals surface area contributed by atoms with Gasteiger partial charge in [0.25, 0.3) is 0 Å². The van der Waals surface area contributed by atoms with Gasteiger partial charge in [-0.25, -0.2) is 14.4 Å². The second kappa shape index (κ2) is 9.04. The van der Waals surface area contributed by atoms with Crippen LogP contribution >= 0.6 is 0 Å². The number of nitrogens with one attached hydrogen (secondary N) is 3. The molecule has 0 saturated heterocycles. The number of hydrogen-bond donors (Lipinski definition) is 4. The van der Waals surface area contributed by atoms with Gasteiger partial charge in [0.1, 0.15) is 17.7 Å². The van der Waals surface area contributed by atoms with Crippen LogP contribution in [0, 0.1) is 11.2 Å². The minimum Gasteiger partial charge on any atom is -0.373 e. The van der Waals surface area contributed by atoms with Crippen molar-refractivity contribution >= 4 is 27.8 Å². The summed E-state index contributed by atoms with van der Waals surface area (Å²) in [6.07, 6.45) is 4.47. The molecule has 0 spiro atoms. The summed E-state index contributed by atoms with van der Waals surface area (Å²) >= 11 is 0. The number of halogens is 1. The van der Waals surface area contributed by atoms with E-state index in [0.717, 1.165) is 38.7 Å². The van der Waals surface area contributed by atoms with Gasteiger partial charge in [0.05, 0.1) is 28.3 Å². The Bertz CT molecular complexity index is 1770. The van der Waals surface area contributed by atoms with Crippen LogP contribution in [0.1, 0.15) is 20.8 Å². The molecular weight excluding hydrogens is 481 g/mol. The van der Waals surface area contributed by atoms with Crippen molar-refractivity contribution in [3.05, 3.63) is 79.0 Å². The van der Waals surface area contributed by atoms with Gasteiger partial charge in [-0.3, -0.25) is 10.1 Å². The first kappa shape index (κ1) is 23.7. The summed E-state index contributed by atoms with van der Waals surface area (Å²) in [5, 5.41) is 21.9. The summed E-state index contributed by atoms with van der Waals surface area (Å²) in [6.45, 7) is 5.88. The van der Waals surface area contributed by atoms with E-state index in [9.17, 15) is 9.50 Å². The lowest BCUT2D eigenvalue weighted by molar-refractivity contribution is 0.0880. The molecule has 6 aromatic rings. The maximum atomic E-state index is 13.5. The number of para-hydroxylation sites is 1. The Kier molecular flexibility index (Phi) is 5.65. The van der Waals surface area contributed by atoms with E-state index in [0.29, 0.717) is 22.9 Å². The molecular formula is C29H26FN7O. The molecule has 4 N–H and O–H groups in total. The van der Waals surface area contributed by atoms with E-state index in [1.54, 1.807) is 30.7 Å². The first-order valence-corrected chi connectivity index (χ1v) is 12.3. The Morgan fingerprint density at radius 3 is 2.53 bits per heavy atom. The van der Waals surface area contributed by atoms with Crippen LogP contribution in [0.5, 0.6) is 0 Å². The van der Waals surface area contributed by atoms with E-state index in [4.69, 9.17) is 4.98 Å². The maximum absolute atomic E-state index is 13.5. The monoisotopic (exact) mass is 507 g/mol. The van der Waals surface area contributed by atoms with E-state index in [-0.39, 0.29) is 11.2 Å². The summed E-state index contributed by atoms with van der Waals surface area (Å²) in [4.78, 5) is 17.2. The van der Waals surface area contributed by atoms with Crippen molar-refractivity contribution < 1.29 is 9.50 Å². The van der Waals surface area contributed by atoms with Crippen molar-refractivity contribution in [3.63, 3.8) is 0 Å². The number of nitrogens with zero attached hydrogens (tertiary/aromatic N) is 4. The van der Waals surface area contributed by atoms with E-state index < -0.39 is 6.23 Å². The zero-order valence-corrected chi connectivity index (χ0v) is 21.1. The lowest BCUT2D eigenvalue weighted by atomic mass is 9.94. The molecule has 4 aromatic heterocycles. The number of pyridine rings is 2. The largest absolute Gasteiger partial charge is 0.373 e. The normalized spacial score (nSPS) is 12.8. The zero-order valence-electron chi connectivity index (χ0n) is 21.1. The molecule has 9 heteroatoms. The first-order chi connectivity index (χ1) is 18.3. The SMILES string of the molecule is CC(C)(C)C(O)Nc1cncc(-c2cnc3[nH]nc(-c4nc5c(-c6ccc(F)cc6)cccc5[nH]4)c3c2)c1. The molecule has 0 aliphatic rings. The lowest BCUT2D eigenvalue weighted by Gasteiger charge is -2.27. The number of hydrogen-bond acceptors (Lipinski definition) is 6. The average Bonchev–Trinajstić information content (AvgIpc) is 3.52. The molecule has 38 heavy (non-hydrogen) atoms. The van der Waals surface area contributed by atoms with Crippen molar-refractivity contribution in [2.45, 2.75) is 27.0 Å². The van der Waals surface area contributed by atoms with Crippen LogP contribution in [-0.2, 0) is 0 Å². The molecule has 0 amide bonds. The van der Waals surface area contributed by atoms with Crippen LogP contribution in [-0.4, -0.2) is 41.5 Å². The molecule has 0 fully saturated rings. The smallest absolute Gasteiger partial charge is 0.159 e. The number of H-pyrrole nitrogens is 2. The number of aliphatic hydroxyl groups excluding tert-OH is 1. The number of aliphatic hydroxyl groups is 1. The third-order valence-corrected chi connectivity index (χ3v) is 6.50. The minimum absolute atomic E-state index is 0.281. The Balaban J connectivity index is 1.39. The Labute approximate surface area is 218 Å². The third kappa shape index (κ3) is 4.37. The lowest BCUT2D eigenvalue weighted by Crippen LogP contribution is -2.33. The van der Waals surface area contributed by atoms with Crippen LogP contribution in [0.3, 0.4) is 0 Å². The molecule has 6 rings (SSSR count). The molecule has 0 aliphatic heterocycles. The summed E-state index contributed by atoms with van der Waals surface area (Å²) in [7, 11) is 0. The molecule has 4 heterocycles. The molecule has 0 bridgehead atoms. The summed E-state index contributed by atoms with van der Waals surface area (Å²) in [6, 6.07) is 16.2. The standard InChI is InChI=1S/C29H26FN7O/c1-29(2,3)28(38)33-20-11-17(13-31-15-20)18-12-22-25(36-37-26(22)32-14-18)27-34-23-6-4-5-21(24(23)35-27)16-7-9-19(30)10-8-16/h4-15,28,33,38H,1-3H3,(H,34,35)(H,32,36,37). The van der Waals surface area contributed by atoms with Gasteiger partial charge in [-0.1, -0.05) is 45.0 Å². The van der Waals surface area contributed by atoms with Crippen LogP contribution in [0.25, 0.3) is 55.8 Å². The summed E-state index contributed by atoms with van der Waals surface area (Å²) < 4.78 is 13.5. The number of anilines is 1. The number of benzene rings is 2. The number of aromatic amines is 2. The highest BCUT2D eigenvalue weighted by Crippen LogP contribution is 2.33. The minimum atomic E-state index is -0.728. The fourth-order valence-corrected chi connectivity index (χ4v) is 4.30. The van der Waals surface area contributed by atoms with E-state index in [2.05, 4.69) is 30.5 Å². The predicted molar refractivity (Wildman–Crippen MR) is 147 cm³/mol. The molecule has 1 atom stereocenters. The van der Waals surface area contributed by atoms with E-state index >= 15 is 0 Å². The second-order valence-electron chi connectivity index (χ2n) is 10.4. The fraction of sp³-hybridized carbons (Fsp3) is 0.172. The van der Waals surface area contributed by atoms with Crippen molar-refractivity contribution in [1.82, 2.24) is 30.1 Å². The van der Waals surface area contributed by atoms with Crippen molar-refractivity contribution in [1.29, 1.82) is 0 Å². The van der Waals surface area contributed by atoms with Crippen LogP contribution in [0.4, 0.5) is 10.1 Å². The van der Waals surface area contributed by atoms with Gasteiger partial charge >= 0.3 is 0 Å². The summed E-state index contributed by atoms with van der Waals surface area (Å²) in [5.74, 6) is 0.318. The highest BCUT2D eigenvalue weighted by Gasteiger charge is 2.22. The Morgan fingerprint density at radius 1 is 0.947 bits per heavy atom. The quantitative estimate of drug-likeness (QED) is 0.208. The van der Waals surface area contributed by atoms with Crippen molar-refractivity contribution in [2.24, 2.45) is 5.41 Å². The third-order valence-electron chi connectivity index (χ3n) is 6.50. The number of aromatic nitrogens is 6. The average molecular weight is 508 g/mol. The van der Waals surface area contributed by atoms with E-state index in [1.807, 2.05) is 51.1 Å². The zero-order chi connectivity index (χ0) is 26.4. The molecule has 0 radical (unpaired) electrons. The molecule has 0 aliphatic carbocycles. The highest BCUT2D eigenvalue weighted by atomic mass is 19.1. The number of fused-ring (bicyclic) bond motifs is 2. The number of imidazole rings is 1. The molecule has 190 valence electrons. The molecule has 1 unspecified atom stereocenters. The van der Waals surface area contributed by atoms with Gasteiger partial charge in [0, 0.05) is 34.5 Å². The fourth-order valence-electron chi connectivity index (χ4n) is 4.30. The first-order valence-electron chi connectivity index (χ1n) is 12.3. The van der Waals surface area contributed by atoms with Crippen molar-refractivity contribution in [3.8, 4) is 33.8 Å². The van der Waals surface area contributed by atoms with Gasteiger partial charge in [-0.15, -0.1) is 0 Å². The van der Waals surface area contributed by atoms with Crippen LogP contribution < -0.4 is 5.32 Å². The van der Waals surface area contributed by atoms with Crippen molar-refractivity contribution in [2.75, 3.05) is 5.32 Å². The Hall–Kier alpha value is -4.63. The van der Waals surface area contributed by atoms with Gasteiger partial charge in [-0.05, 0) is 35.9 Å². The van der Waals surface area contributed by atoms with Gasteiger partial charge in [-0.2, -0.15) is 5.10 Å². The van der Waals surface area contributed by atoms with E-state index in [1.165, 1.54) is 12.1 Å². The second-order valence-corrected chi connectivity index (χ2v) is 10.4. The predicted octanol–water partition coefficient (Wildman–Crippen LogP) is 6.15.